The van der Waals surface area contributed by atoms with Crippen molar-refractivity contribution in [2.24, 2.45) is 50.7 Å². The predicted molar refractivity (Wildman–Crippen MR) is 196 cm³/mol. The van der Waals surface area contributed by atoms with Crippen molar-refractivity contribution >= 4 is 23.9 Å². The van der Waals surface area contributed by atoms with Gasteiger partial charge in [-0.15, -0.1) is 0 Å². The Morgan fingerprint density at radius 3 is 1.96 bits per heavy atom. The molecule has 0 bridgehead atoms. The van der Waals surface area contributed by atoms with Gasteiger partial charge < -0.3 is 47.7 Å². The monoisotopic (exact) mass is 802 g/mol. The summed E-state index contributed by atoms with van der Waals surface area (Å²) < 4.78 is 55.6. The Morgan fingerprint density at radius 1 is 0.702 bits per heavy atom. The van der Waals surface area contributed by atoms with E-state index in [0.717, 1.165) is 44.9 Å². The summed E-state index contributed by atoms with van der Waals surface area (Å²) in [5.74, 6) is -2.04. The fraction of sp³-hybridized carbons (Fsp3) is 0.907. The topological polar surface area (TPSA) is 175 Å². The van der Waals surface area contributed by atoms with Crippen LogP contribution in [0.4, 0.5) is 0 Å². The van der Waals surface area contributed by atoms with E-state index in [1.54, 1.807) is 0 Å². The van der Waals surface area contributed by atoms with Gasteiger partial charge in [0.2, 0.25) is 5.79 Å². The summed E-state index contributed by atoms with van der Waals surface area (Å²) in [6.45, 7) is 18.7. The van der Waals surface area contributed by atoms with Gasteiger partial charge in [-0.3, -0.25) is 19.2 Å². The van der Waals surface area contributed by atoms with Crippen LogP contribution in [0.2, 0.25) is 0 Å². The van der Waals surface area contributed by atoms with E-state index in [1.807, 2.05) is 6.92 Å². The predicted octanol–water partition coefficient (Wildman–Crippen LogP) is 4.74. The molecule has 14 heteroatoms. The summed E-state index contributed by atoms with van der Waals surface area (Å²) in [7, 11) is 0. The van der Waals surface area contributed by atoms with Gasteiger partial charge in [0, 0.05) is 39.5 Å². The lowest BCUT2D eigenvalue weighted by atomic mass is 9.41. The van der Waals surface area contributed by atoms with Gasteiger partial charge in [0.05, 0.1) is 18.8 Å². The molecule has 0 aromatic carbocycles. The van der Waals surface area contributed by atoms with Crippen LogP contribution in [0.25, 0.3) is 0 Å². The molecule has 19 atom stereocenters. The first-order valence-electron chi connectivity index (χ1n) is 21.3. The van der Waals surface area contributed by atoms with Gasteiger partial charge in [0.15, 0.2) is 30.9 Å². The summed E-state index contributed by atoms with van der Waals surface area (Å²) >= 11 is 0. The Labute approximate surface area is 334 Å². The van der Waals surface area contributed by atoms with Gasteiger partial charge in [-0.2, -0.15) is 0 Å². The van der Waals surface area contributed by atoms with Crippen LogP contribution in [-0.4, -0.2) is 102 Å². The van der Waals surface area contributed by atoms with Crippen LogP contribution in [0.5, 0.6) is 0 Å². The van der Waals surface area contributed by atoms with Crippen molar-refractivity contribution < 1.29 is 66.9 Å². The molecule has 9 rings (SSSR count). The molecule has 4 aliphatic heterocycles. The van der Waals surface area contributed by atoms with E-state index in [1.165, 1.54) is 27.7 Å². The highest BCUT2D eigenvalue weighted by Gasteiger charge is 2.87. The molecule has 318 valence electrons. The summed E-state index contributed by atoms with van der Waals surface area (Å²) in [6.07, 6.45) is 0.650. The molecule has 4 saturated heterocycles. The van der Waals surface area contributed by atoms with Gasteiger partial charge in [-0.1, -0.05) is 34.6 Å². The number of aliphatic hydroxyl groups is 1. The highest BCUT2D eigenvalue weighted by molar-refractivity contribution is 5.68. The number of carbonyl (C=O) groups excluding carboxylic acids is 4. The smallest absolute Gasteiger partial charge is 0.303 e. The van der Waals surface area contributed by atoms with Gasteiger partial charge >= 0.3 is 23.9 Å². The number of fused-ring (bicyclic) bond motifs is 6. The van der Waals surface area contributed by atoms with Crippen LogP contribution in [0.15, 0.2) is 0 Å². The highest BCUT2D eigenvalue weighted by atomic mass is 16.8. The minimum Gasteiger partial charge on any atom is -0.462 e. The number of epoxide rings is 1. The zero-order chi connectivity index (χ0) is 41.0. The molecule has 14 nitrogen and oxygen atoms in total. The third kappa shape index (κ3) is 5.34. The number of aliphatic hydroxyl groups excluding tert-OH is 1. The van der Waals surface area contributed by atoms with Gasteiger partial charge in [0.25, 0.3) is 0 Å². The van der Waals surface area contributed by atoms with Crippen molar-refractivity contribution in [3.8, 4) is 0 Å². The first-order chi connectivity index (χ1) is 26.6. The maximum Gasteiger partial charge on any atom is 0.303 e. The molecule has 1 N–H and O–H groups in total. The number of hydrogen-bond acceptors (Lipinski definition) is 14. The Morgan fingerprint density at radius 2 is 1.35 bits per heavy atom. The molecule has 5 saturated carbocycles. The summed E-state index contributed by atoms with van der Waals surface area (Å²) in [6, 6.07) is 0. The van der Waals surface area contributed by atoms with Crippen LogP contribution < -0.4 is 0 Å². The van der Waals surface area contributed by atoms with E-state index < -0.39 is 60.2 Å². The zero-order valence-electron chi connectivity index (χ0n) is 35.1. The second kappa shape index (κ2) is 12.6. The van der Waals surface area contributed by atoms with Crippen molar-refractivity contribution in [3.63, 3.8) is 0 Å². The van der Waals surface area contributed by atoms with Crippen molar-refractivity contribution in [1.29, 1.82) is 0 Å². The Balaban J connectivity index is 0.997. The molecule has 0 aromatic heterocycles. The first-order valence-corrected chi connectivity index (χ1v) is 21.3. The van der Waals surface area contributed by atoms with Crippen LogP contribution in [0.3, 0.4) is 0 Å². The van der Waals surface area contributed by atoms with E-state index in [9.17, 15) is 24.3 Å². The number of rotatable bonds is 6. The van der Waals surface area contributed by atoms with Crippen molar-refractivity contribution in [2.45, 2.75) is 187 Å². The lowest BCUT2D eigenvalue weighted by Gasteiger charge is -2.65. The first kappa shape index (κ1) is 40.1. The summed E-state index contributed by atoms with van der Waals surface area (Å²) in [5, 5.41) is 10.8. The van der Waals surface area contributed by atoms with Crippen LogP contribution >= 0.6 is 0 Å². The van der Waals surface area contributed by atoms with Crippen molar-refractivity contribution in [3.05, 3.63) is 0 Å². The molecule has 1 unspecified atom stereocenters. The van der Waals surface area contributed by atoms with E-state index >= 15 is 0 Å². The molecule has 9 fully saturated rings. The maximum atomic E-state index is 13.0. The van der Waals surface area contributed by atoms with E-state index in [4.69, 9.17) is 42.6 Å². The lowest BCUT2D eigenvalue weighted by Crippen LogP contribution is -2.64. The third-order valence-electron chi connectivity index (χ3n) is 17.6. The second-order valence-electron chi connectivity index (χ2n) is 20.7. The fourth-order valence-electron chi connectivity index (χ4n) is 15.5. The summed E-state index contributed by atoms with van der Waals surface area (Å²) in [5.41, 5.74) is -1.62. The van der Waals surface area contributed by atoms with Gasteiger partial charge in [0.1, 0.15) is 17.8 Å². The number of carbonyl (C=O) groups is 4. The molecular formula is C43H62O14. The molecule has 0 aromatic rings. The van der Waals surface area contributed by atoms with E-state index in [-0.39, 0.29) is 75.9 Å². The Bertz CT molecular complexity index is 1730. The third-order valence-corrected chi connectivity index (χ3v) is 17.6. The highest BCUT2D eigenvalue weighted by Crippen LogP contribution is 2.89. The Hall–Kier alpha value is -2.36. The van der Waals surface area contributed by atoms with Crippen LogP contribution in [0, 0.1) is 50.7 Å². The lowest BCUT2D eigenvalue weighted by molar-refractivity contribution is -0.346. The van der Waals surface area contributed by atoms with Crippen LogP contribution in [0.1, 0.15) is 121 Å². The minimum atomic E-state index is -1.15. The minimum absolute atomic E-state index is 0.0230. The number of hydrogen-bond donors (Lipinski definition) is 1. The molecule has 0 radical (unpaired) electrons. The molecule has 4 heterocycles. The number of ether oxygens (including phenoxy) is 9. The van der Waals surface area contributed by atoms with Crippen molar-refractivity contribution in [2.75, 3.05) is 6.61 Å². The average molecular weight is 803 g/mol. The zero-order valence-corrected chi connectivity index (χ0v) is 35.1. The molecule has 57 heavy (non-hydrogen) atoms. The van der Waals surface area contributed by atoms with E-state index in [0.29, 0.717) is 18.3 Å². The standard InChI is InChI=1S/C43H62O14/c1-20-15-43(35-40(10,56-35)36(48)57-43)55-25-16-38(8)28-12-11-27-37(6,7)29(13-14-41(27)19-42(28,41)17-30(51-22(3)45)39(38,9)31(20)25)54-34-33(53-24(5)47)32(52-23(4)46)26(18-49-34)50-21(2)44/h20,25-36,48H,11-19H2,1-10H3/t20-,25+,26-,27+,28+,29+,30-,31+,32+,33-,34+,35-,36?,38+,39-,40+,41-,42+,43-/m1/s1. The molecule has 9 aliphatic rings. The quantitative estimate of drug-likeness (QED) is 0.169. The normalized spacial score (nSPS) is 54.8. The fourth-order valence-corrected chi connectivity index (χ4v) is 15.5. The molecular weight excluding hydrogens is 740 g/mol. The molecule has 5 aliphatic carbocycles. The SMILES string of the molecule is CC(=O)O[C@@H]1[C@@H](OC(C)=O)[C@H](O[C@H]2CC[C@]34C[C@]35C[C@@H](OC(C)=O)[C@]3(C)[C@H]6[C@H](C)C[C@]7(OC(O)[C@@]8(C)O[C@@H]78)O[C@H]6C[C@@]3(C)[C@@H]5CC[C@H]4C2(C)C)OC[C@H]1OC(C)=O. The number of esters is 4. The largest absolute Gasteiger partial charge is 0.462 e. The van der Waals surface area contributed by atoms with Gasteiger partial charge in [-0.05, 0) is 97.2 Å². The average Bonchev–Trinajstić information content (AvgIpc) is 3.93. The molecule has 0 amide bonds. The summed E-state index contributed by atoms with van der Waals surface area (Å²) in [4.78, 5) is 49.6. The second-order valence-corrected chi connectivity index (χ2v) is 20.7. The van der Waals surface area contributed by atoms with Gasteiger partial charge in [-0.25, -0.2) is 0 Å². The maximum absolute atomic E-state index is 13.0. The van der Waals surface area contributed by atoms with Crippen molar-refractivity contribution in [1.82, 2.24) is 0 Å². The van der Waals surface area contributed by atoms with Crippen LogP contribution in [-0.2, 0) is 61.8 Å². The Kier molecular flexibility index (Phi) is 8.85. The van der Waals surface area contributed by atoms with E-state index in [2.05, 4.69) is 34.6 Å². The molecule has 3 spiro atoms.